The van der Waals surface area contributed by atoms with E-state index < -0.39 is 0 Å². The molecule has 0 amide bonds. The molecule has 2 rings (SSSR count). The molecule has 0 aliphatic heterocycles. The van der Waals surface area contributed by atoms with Gasteiger partial charge in [0.05, 0.1) is 12.3 Å². The van der Waals surface area contributed by atoms with Gasteiger partial charge in [0.25, 0.3) is 0 Å². The van der Waals surface area contributed by atoms with Gasteiger partial charge in [-0.05, 0) is 43.2 Å². The van der Waals surface area contributed by atoms with Gasteiger partial charge in [0.2, 0.25) is 0 Å². The number of rotatable bonds is 9. The maximum Gasteiger partial charge on any atom is 0.146 e. The van der Waals surface area contributed by atoms with Crippen LogP contribution in [0, 0.1) is 11.7 Å². The molecule has 3 nitrogen and oxygen atoms in total. The van der Waals surface area contributed by atoms with Crippen LogP contribution in [0.1, 0.15) is 31.7 Å². The summed E-state index contributed by atoms with van der Waals surface area (Å²) in [7, 11) is 1.92. The second kappa shape index (κ2) is 7.76. The lowest BCUT2D eigenvalue weighted by Gasteiger charge is -2.24. The Morgan fingerprint density at radius 1 is 1.43 bits per heavy atom. The number of hydrogen-bond donors (Lipinski definition) is 1. The molecule has 118 valence electrons. The minimum atomic E-state index is -0.180. The van der Waals surface area contributed by atoms with Crippen molar-refractivity contribution in [1.82, 2.24) is 0 Å². The van der Waals surface area contributed by atoms with Gasteiger partial charge in [-0.25, -0.2) is 4.39 Å². The van der Waals surface area contributed by atoms with Crippen LogP contribution in [0.3, 0.4) is 0 Å². The predicted octanol–water partition coefficient (Wildman–Crippen LogP) is 2.97. The first kappa shape index (κ1) is 16.2. The van der Waals surface area contributed by atoms with Crippen molar-refractivity contribution >= 4 is 5.69 Å². The van der Waals surface area contributed by atoms with E-state index in [1.165, 1.54) is 18.9 Å². The van der Waals surface area contributed by atoms with Gasteiger partial charge < -0.3 is 15.4 Å². The Bertz CT molecular complexity index is 448. The Kier molecular flexibility index (Phi) is 6.00. The van der Waals surface area contributed by atoms with Crippen molar-refractivity contribution in [3.05, 3.63) is 29.6 Å². The first-order chi connectivity index (χ1) is 10.1. The smallest absolute Gasteiger partial charge is 0.146 e. The van der Waals surface area contributed by atoms with E-state index in [1.54, 1.807) is 6.07 Å². The standard InChI is InChI=1S/C17H27FN2O/c1-3-15(19)11-14-5-4-6-16(18)17(14)20(2)9-10-21-12-13-7-8-13/h4-6,13,15H,3,7-12,19H2,1-2H3. The normalized spacial score (nSPS) is 16.0. The van der Waals surface area contributed by atoms with Gasteiger partial charge in [0, 0.05) is 26.2 Å². The third-order valence-electron chi connectivity index (χ3n) is 4.08. The average molecular weight is 294 g/mol. The van der Waals surface area contributed by atoms with Gasteiger partial charge >= 0.3 is 0 Å². The summed E-state index contributed by atoms with van der Waals surface area (Å²) in [6.07, 6.45) is 4.19. The van der Waals surface area contributed by atoms with Gasteiger partial charge in [-0.1, -0.05) is 19.1 Å². The highest BCUT2D eigenvalue weighted by Gasteiger charge is 2.21. The summed E-state index contributed by atoms with van der Waals surface area (Å²) in [6.45, 7) is 4.24. The highest BCUT2D eigenvalue weighted by atomic mass is 19.1. The van der Waals surface area contributed by atoms with E-state index in [2.05, 4.69) is 6.92 Å². The van der Waals surface area contributed by atoms with E-state index >= 15 is 0 Å². The average Bonchev–Trinajstić information content (AvgIpc) is 3.27. The lowest BCUT2D eigenvalue weighted by atomic mass is 10.0. The number of para-hydroxylation sites is 1. The summed E-state index contributed by atoms with van der Waals surface area (Å²) in [6, 6.07) is 5.31. The van der Waals surface area contributed by atoms with Crippen LogP contribution in [-0.2, 0) is 11.2 Å². The molecule has 0 bridgehead atoms. The fourth-order valence-corrected chi connectivity index (χ4v) is 2.43. The molecule has 4 heteroatoms. The number of ether oxygens (including phenoxy) is 1. The van der Waals surface area contributed by atoms with Gasteiger partial charge in [-0.15, -0.1) is 0 Å². The van der Waals surface area contributed by atoms with E-state index in [0.29, 0.717) is 25.3 Å². The highest BCUT2D eigenvalue weighted by molar-refractivity contribution is 5.54. The Morgan fingerprint density at radius 2 is 2.19 bits per heavy atom. The molecular formula is C17H27FN2O. The fourth-order valence-electron chi connectivity index (χ4n) is 2.43. The summed E-state index contributed by atoms with van der Waals surface area (Å²) >= 11 is 0. The van der Waals surface area contributed by atoms with E-state index in [1.807, 2.05) is 18.0 Å². The van der Waals surface area contributed by atoms with Crippen LogP contribution in [0.25, 0.3) is 0 Å². The van der Waals surface area contributed by atoms with Crippen LogP contribution < -0.4 is 10.6 Å². The zero-order valence-electron chi connectivity index (χ0n) is 13.1. The van der Waals surface area contributed by atoms with Crippen molar-refractivity contribution < 1.29 is 9.13 Å². The lowest BCUT2D eigenvalue weighted by molar-refractivity contribution is 0.131. The Hall–Kier alpha value is -1.13. The number of halogens is 1. The maximum atomic E-state index is 14.2. The van der Waals surface area contributed by atoms with Crippen molar-refractivity contribution in [3.63, 3.8) is 0 Å². The fraction of sp³-hybridized carbons (Fsp3) is 0.647. The minimum absolute atomic E-state index is 0.0741. The van der Waals surface area contributed by atoms with Crippen molar-refractivity contribution in [2.24, 2.45) is 11.7 Å². The van der Waals surface area contributed by atoms with Crippen molar-refractivity contribution in [2.75, 3.05) is 31.7 Å². The zero-order chi connectivity index (χ0) is 15.2. The Morgan fingerprint density at radius 3 is 2.86 bits per heavy atom. The molecule has 1 unspecified atom stereocenters. The van der Waals surface area contributed by atoms with Gasteiger partial charge in [0.15, 0.2) is 0 Å². The van der Waals surface area contributed by atoms with Crippen LogP contribution in [0.2, 0.25) is 0 Å². The number of anilines is 1. The maximum absolute atomic E-state index is 14.2. The molecule has 1 aromatic carbocycles. The number of benzene rings is 1. The van der Waals surface area contributed by atoms with Crippen molar-refractivity contribution in [3.8, 4) is 0 Å². The summed E-state index contributed by atoms with van der Waals surface area (Å²) in [5.41, 5.74) is 7.66. The molecule has 2 N–H and O–H groups in total. The molecule has 0 saturated heterocycles. The summed E-state index contributed by atoms with van der Waals surface area (Å²) in [4.78, 5) is 1.94. The molecule has 1 atom stereocenters. The van der Waals surface area contributed by atoms with Crippen LogP contribution >= 0.6 is 0 Å². The molecule has 1 aliphatic carbocycles. The van der Waals surface area contributed by atoms with Gasteiger partial charge in [-0.3, -0.25) is 0 Å². The number of hydrogen-bond acceptors (Lipinski definition) is 3. The summed E-state index contributed by atoms with van der Waals surface area (Å²) in [5.74, 6) is 0.586. The van der Waals surface area contributed by atoms with Crippen molar-refractivity contribution in [2.45, 2.75) is 38.6 Å². The quantitative estimate of drug-likeness (QED) is 0.712. The monoisotopic (exact) mass is 294 g/mol. The first-order valence-corrected chi connectivity index (χ1v) is 7.93. The second-order valence-corrected chi connectivity index (χ2v) is 6.06. The van der Waals surface area contributed by atoms with E-state index in [4.69, 9.17) is 10.5 Å². The number of likely N-dealkylation sites (N-methyl/N-ethyl adjacent to an activating group) is 1. The predicted molar refractivity (Wildman–Crippen MR) is 85.2 cm³/mol. The van der Waals surface area contributed by atoms with Crippen LogP contribution in [-0.4, -0.2) is 32.8 Å². The third kappa shape index (κ3) is 4.97. The molecule has 1 aromatic rings. The van der Waals surface area contributed by atoms with E-state index in [0.717, 1.165) is 24.5 Å². The second-order valence-electron chi connectivity index (χ2n) is 6.06. The lowest BCUT2D eigenvalue weighted by Crippen LogP contribution is -2.27. The minimum Gasteiger partial charge on any atom is -0.379 e. The molecule has 0 spiro atoms. The van der Waals surface area contributed by atoms with Crippen LogP contribution in [0.4, 0.5) is 10.1 Å². The van der Waals surface area contributed by atoms with E-state index in [-0.39, 0.29) is 11.9 Å². The van der Waals surface area contributed by atoms with Gasteiger partial charge in [-0.2, -0.15) is 0 Å². The van der Waals surface area contributed by atoms with E-state index in [9.17, 15) is 4.39 Å². The molecule has 1 fully saturated rings. The van der Waals surface area contributed by atoms with Crippen molar-refractivity contribution in [1.29, 1.82) is 0 Å². The first-order valence-electron chi connectivity index (χ1n) is 7.93. The molecular weight excluding hydrogens is 267 g/mol. The highest BCUT2D eigenvalue weighted by Crippen LogP contribution is 2.29. The Labute approximate surface area is 127 Å². The summed E-state index contributed by atoms with van der Waals surface area (Å²) in [5, 5.41) is 0. The summed E-state index contributed by atoms with van der Waals surface area (Å²) < 4.78 is 19.8. The third-order valence-corrected chi connectivity index (χ3v) is 4.08. The van der Waals surface area contributed by atoms with Crippen LogP contribution in [0.5, 0.6) is 0 Å². The van der Waals surface area contributed by atoms with Crippen LogP contribution in [0.15, 0.2) is 18.2 Å². The molecule has 1 saturated carbocycles. The topological polar surface area (TPSA) is 38.5 Å². The molecule has 1 aliphatic rings. The zero-order valence-corrected chi connectivity index (χ0v) is 13.1. The molecule has 0 radical (unpaired) electrons. The molecule has 0 aromatic heterocycles. The SMILES string of the molecule is CCC(N)Cc1cccc(F)c1N(C)CCOCC1CC1. The Balaban J connectivity index is 1.94. The van der Waals surface area contributed by atoms with Gasteiger partial charge in [0.1, 0.15) is 5.82 Å². The number of nitrogens with two attached hydrogens (primary N) is 1. The molecule has 0 heterocycles. The molecule has 21 heavy (non-hydrogen) atoms. The largest absolute Gasteiger partial charge is 0.379 e. The number of nitrogens with zero attached hydrogens (tertiary/aromatic N) is 1.